The maximum atomic E-state index is 11.1. The summed E-state index contributed by atoms with van der Waals surface area (Å²) in [5.74, 6) is 0. The molecule has 0 amide bonds. The van der Waals surface area contributed by atoms with Gasteiger partial charge in [-0.25, -0.2) is 0 Å². The van der Waals surface area contributed by atoms with Gasteiger partial charge in [-0.2, -0.15) is 0 Å². The molecule has 1 aromatic carbocycles. The number of benzene rings is 1. The molecule has 106 valence electrons. The lowest BCUT2D eigenvalue weighted by Crippen LogP contribution is -2.32. The fourth-order valence-electron chi connectivity index (χ4n) is 1.80. The predicted octanol–water partition coefficient (Wildman–Crippen LogP) is 3.50. The molecule has 0 aliphatic rings. The third-order valence-corrected chi connectivity index (χ3v) is 3.43. The average Bonchev–Trinajstić information content (AvgIpc) is 2.32. The third-order valence-electron chi connectivity index (χ3n) is 2.70. The molecule has 0 aromatic heterocycles. The number of nitrogens with zero attached hydrogens (tertiary/aromatic N) is 2. The van der Waals surface area contributed by atoms with Crippen LogP contribution in [-0.4, -0.2) is 29.2 Å². The predicted molar refractivity (Wildman–Crippen MR) is 77.3 cm³/mol. The molecule has 19 heavy (non-hydrogen) atoms. The first-order chi connectivity index (χ1) is 8.88. The SMILES string of the molecule is CC(C)N(CCCO)c1cc(Cl)c(Cl)cc1[N+](=O)[O-]. The number of anilines is 1. The van der Waals surface area contributed by atoms with E-state index in [-0.39, 0.29) is 28.4 Å². The molecule has 0 atom stereocenters. The summed E-state index contributed by atoms with van der Waals surface area (Å²) in [7, 11) is 0. The van der Waals surface area contributed by atoms with Crippen molar-refractivity contribution in [3.63, 3.8) is 0 Å². The van der Waals surface area contributed by atoms with Crippen molar-refractivity contribution in [2.75, 3.05) is 18.1 Å². The van der Waals surface area contributed by atoms with Gasteiger partial charge in [0.1, 0.15) is 5.69 Å². The Morgan fingerprint density at radius 1 is 1.37 bits per heavy atom. The topological polar surface area (TPSA) is 66.6 Å². The second-order valence-electron chi connectivity index (χ2n) is 4.38. The summed E-state index contributed by atoms with van der Waals surface area (Å²) >= 11 is 11.8. The van der Waals surface area contributed by atoms with E-state index in [0.29, 0.717) is 18.7 Å². The van der Waals surface area contributed by atoms with Gasteiger partial charge in [0, 0.05) is 25.3 Å². The quantitative estimate of drug-likeness (QED) is 0.645. The summed E-state index contributed by atoms with van der Waals surface area (Å²) in [4.78, 5) is 12.5. The number of nitro benzene ring substituents is 1. The van der Waals surface area contributed by atoms with E-state index in [4.69, 9.17) is 28.3 Å². The Bertz CT molecular complexity index is 467. The van der Waals surface area contributed by atoms with Crippen molar-refractivity contribution in [3.8, 4) is 0 Å². The summed E-state index contributed by atoms with van der Waals surface area (Å²) in [5, 5.41) is 20.5. The van der Waals surface area contributed by atoms with E-state index in [1.807, 2.05) is 18.7 Å². The summed E-state index contributed by atoms with van der Waals surface area (Å²) in [5.41, 5.74) is 0.337. The molecule has 0 aliphatic heterocycles. The monoisotopic (exact) mass is 306 g/mol. The third kappa shape index (κ3) is 3.96. The second kappa shape index (κ2) is 6.93. The number of hydrogen-bond acceptors (Lipinski definition) is 4. The van der Waals surface area contributed by atoms with E-state index >= 15 is 0 Å². The average molecular weight is 307 g/mol. The van der Waals surface area contributed by atoms with Crippen LogP contribution < -0.4 is 4.90 Å². The molecule has 0 saturated carbocycles. The molecule has 0 aliphatic carbocycles. The highest BCUT2D eigenvalue weighted by atomic mass is 35.5. The lowest BCUT2D eigenvalue weighted by atomic mass is 10.2. The Balaban J connectivity index is 3.27. The van der Waals surface area contributed by atoms with Gasteiger partial charge < -0.3 is 10.0 Å². The number of aliphatic hydroxyl groups is 1. The van der Waals surface area contributed by atoms with Gasteiger partial charge in [-0.05, 0) is 26.3 Å². The van der Waals surface area contributed by atoms with E-state index in [0.717, 1.165) is 0 Å². The number of hydrogen-bond donors (Lipinski definition) is 1. The van der Waals surface area contributed by atoms with Gasteiger partial charge in [-0.15, -0.1) is 0 Å². The van der Waals surface area contributed by atoms with Crippen LogP contribution >= 0.6 is 23.2 Å². The minimum absolute atomic E-state index is 0.0261. The number of nitro groups is 1. The van der Waals surface area contributed by atoms with E-state index in [9.17, 15) is 10.1 Å². The van der Waals surface area contributed by atoms with Crippen molar-refractivity contribution in [1.82, 2.24) is 0 Å². The molecule has 0 radical (unpaired) electrons. The molecule has 0 heterocycles. The molecule has 0 unspecified atom stereocenters. The van der Waals surface area contributed by atoms with Crippen molar-refractivity contribution in [3.05, 3.63) is 32.3 Å². The minimum Gasteiger partial charge on any atom is -0.396 e. The molecular weight excluding hydrogens is 291 g/mol. The maximum Gasteiger partial charge on any atom is 0.294 e. The van der Waals surface area contributed by atoms with Crippen molar-refractivity contribution >= 4 is 34.6 Å². The van der Waals surface area contributed by atoms with Gasteiger partial charge in [-0.1, -0.05) is 23.2 Å². The number of halogens is 2. The summed E-state index contributed by atoms with van der Waals surface area (Å²) in [6.07, 6.45) is 0.523. The summed E-state index contributed by atoms with van der Waals surface area (Å²) < 4.78 is 0. The van der Waals surface area contributed by atoms with Crippen LogP contribution in [-0.2, 0) is 0 Å². The van der Waals surface area contributed by atoms with Crippen molar-refractivity contribution in [1.29, 1.82) is 0 Å². The molecular formula is C12H16Cl2N2O3. The van der Waals surface area contributed by atoms with E-state index in [1.54, 1.807) is 0 Å². The minimum atomic E-state index is -0.480. The smallest absolute Gasteiger partial charge is 0.294 e. The first kappa shape index (κ1) is 16.0. The normalized spacial score (nSPS) is 10.8. The lowest BCUT2D eigenvalue weighted by molar-refractivity contribution is -0.384. The highest BCUT2D eigenvalue weighted by molar-refractivity contribution is 6.42. The second-order valence-corrected chi connectivity index (χ2v) is 5.19. The molecule has 7 heteroatoms. The van der Waals surface area contributed by atoms with Crippen LogP contribution in [0.25, 0.3) is 0 Å². The van der Waals surface area contributed by atoms with Gasteiger partial charge in [-0.3, -0.25) is 10.1 Å². The van der Waals surface area contributed by atoms with E-state index in [2.05, 4.69) is 0 Å². The first-order valence-corrected chi connectivity index (χ1v) is 6.65. The Morgan fingerprint density at radius 2 is 1.95 bits per heavy atom. The zero-order chi connectivity index (χ0) is 14.6. The zero-order valence-corrected chi connectivity index (χ0v) is 12.3. The molecule has 0 spiro atoms. The van der Waals surface area contributed by atoms with Gasteiger partial charge in [0.05, 0.1) is 15.0 Å². The molecule has 1 aromatic rings. The molecule has 1 rings (SSSR count). The fraction of sp³-hybridized carbons (Fsp3) is 0.500. The largest absolute Gasteiger partial charge is 0.396 e. The van der Waals surface area contributed by atoms with Gasteiger partial charge in [0.15, 0.2) is 0 Å². The van der Waals surface area contributed by atoms with E-state index < -0.39 is 4.92 Å². The molecule has 0 fully saturated rings. The van der Waals surface area contributed by atoms with Crippen LogP contribution in [0.4, 0.5) is 11.4 Å². The number of rotatable bonds is 6. The van der Waals surface area contributed by atoms with Crippen LogP contribution in [0.3, 0.4) is 0 Å². The van der Waals surface area contributed by atoms with Gasteiger partial charge in [0.25, 0.3) is 5.69 Å². The molecule has 0 saturated heterocycles. The van der Waals surface area contributed by atoms with Crippen LogP contribution in [0.1, 0.15) is 20.3 Å². The van der Waals surface area contributed by atoms with E-state index in [1.165, 1.54) is 12.1 Å². The molecule has 1 N–H and O–H groups in total. The maximum absolute atomic E-state index is 11.1. The van der Waals surface area contributed by atoms with Crippen LogP contribution in [0, 0.1) is 10.1 Å². The van der Waals surface area contributed by atoms with Crippen LogP contribution in [0.15, 0.2) is 12.1 Å². The van der Waals surface area contributed by atoms with Crippen LogP contribution in [0.2, 0.25) is 10.0 Å². The number of aliphatic hydroxyl groups excluding tert-OH is 1. The molecule has 0 bridgehead atoms. The Kier molecular flexibility index (Phi) is 5.85. The first-order valence-electron chi connectivity index (χ1n) is 5.89. The Hall–Kier alpha value is -1.04. The van der Waals surface area contributed by atoms with Crippen molar-refractivity contribution in [2.45, 2.75) is 26.3 Å². The highest BCUT2D eigenvalue weighted by Gasteiger charge is 2.23. The van der Waals surface area contributed by atoms with Crippen molar-refractivity contribution < 1.29 is 10.0 Å². The van der Waals surface area contributed by atoms with Gasteiger partial charge >= 0.3 is 0 Å². The summed E-state index contributed by atoms with van der Waals surface area (Å²) in [6.45, 7) is 4.37. The fourth-order valence-corrected chi connectivity index (χ4v) is 2.12. The Morgan fingerprint density at radius 3 is 2.42 bits per heavy atom. The zero-order valence-electron chi connectivity index (χ0n) is 10.8. The van der Waals surface area contributed by atoms with Crippen molar-refractivity contribution in [2.24, 2.45) is 0 Å². The Labute approximate surface area is 121 Å². The van der Waals surface area contributed by atoms with Gasteiger partial charge in [0.2, 0.25) is 0 Å². The molecule has 5 nitrogen and oxygen atoms in total. The highest BCUT2D eigenvalue weighted by Crippen LogP contribution is 2.37. The van der Waals surface area contributed by atoms with Crippen LogP contribution in [0.5, 0.6) is 0 Å². The summed E-state index contributed by atoms with van der Waals surface area (Å²) in [6, 6.07) is 2.80. The lowest BCUT2D eigenvalue weighted by Gasteiger charge is -2.28. The standard InChI is InChI=1S/C12H16Cl2N2O3/c1-8(2)15(4-3-5-17)11-6-9(13)10(14)7-12(11)16(18)19/h6-8,17H,3-5H2,1-2H3.